The van der Waals surface area contributed by atoms with Crippen LogP contribution in [0.3, 0.4) is 0 Å². The van der Waals surface area contributed by atoms with E-state index in [2.05, 4.69) is 5.32 Å². The van der Waals surface area contributed by atoms with Crippen LogP contribution >= 0.6 is 0 Å². The second-order valence-corrected chi connectivity index (χ2v) is 4.14. The van der Waals surface area contributed by atoms with Crippen molar-refractivity contribution in [2.24, 2.45) is 5.92 Å². The van der Waals surface area contributed by atoms with Gasteiger partial charge in [0.25, 0.3) is 0 Å². The summed E-state index contributed by atoms with van der Waals surface area (Å²) in [6, 6.07) is 5.55. The predicted octanol–water partition coefficient (Wildman–Crippen LogP) is 2.43. The van der Waals surface area contributed by atoms with Crippen LogP contribution in [0.15, 0.2) is 16.5 Å². The van der Waals surface area contributed by atoms with Gasteiger partial charge in [-0.05, 0) is 31.0 Å². The molecule has 1 aromatic heterocycles. The second-order valence-electron chi connectivity index (χ2n) is 4.14. The molecule has 1 aliphatic rings. The van der Waals surface area contributed by atoms with Crippen LogP contribution in [-0.4, -0.2) is 6.54 Å². The highest BCUT2D eigenvalue weighted by atomic mass is 16.3. The monoisotopic (exact) mass is 204 g/mol. The van der Waals surface area contributed by atoms with E-state index >= 15 is 0 Å². The fraction of sp³-hybridized carbons (Fsp3) is 0.583. The lowest BCUT2D eigenvalue weighted by atomic mass is 9.83. The molecule has 1 fully saturated rings. The summed E-state index contributed by atoms with van der Waals surface area (Å²) in [5, 5.41) is 11.9. The van der Waals surface area contributed by atoms with E-state index in [-0.39, 0.29) is 0 Å². The minimum atomic E-state index is 0.394. The summed E-state index contributed by atoms with van der Waals surface area (Å²) in [6.07, 6.45) is 5.49. The molecule has 1 aromatic rings. The van der Waals surface area contributed by atoms with E-state index in [0.717, 1.165) is 24.8 Å². The van der Waals surface area contributed by atoms with E-state index in [1.54, 1.807) is 6.07 Å². The fourth-order valence-corrected chi connectivity index (χ4v) is 1.83. The number of hydrogen-bond donors (Lipinski definition) is 1. The third-order valence-corrected chi connectivity index (χ3v) is 3.03. The van der Waals surface area contributed by atoms with E-state index in [1.807, 2.05) is 12.1 Å². The zero-order valence-electron chi connectivity index (χ0n) is 8.83. The Morgan fingerprint density at radius 2 is 2.33 bits per heavy atom. The first-order valence-electron chi connectivity index (χ1n) is 5.58. The SMILES string of the molecule is N#Cc1ccc(CNCCC2CCC2)o1. The highest BCUT2D eigenvalue weighted by molar-refractivity contribution is 5.18. The normalized spacial score (nSPS) is 15.9. The van der Waals surface area contributed by atoms with Gasteiger partial charge in [-0.1, -0.05) is 19.3 Å². The van der Waals surface area contributed by atoms with Crippen LogP contribution in [0.5, 0.6) is 0 Å². The zero-order valence-corrected chi connectivity index (χ0v) is 8.83. The molecule has 3 nitrogen and oxygen atoms in total. The van der Waals surface area contributed by atoms with Gasteiger partial charge in [-0.3, -0.25) is 0 Å². The molecule has 15 heavy (non-hydrogen) atoms. The van der Waals surface area contributed by atoms with Crippen LogP contribution in [0.4, 0.5) is 0 Å². The highest BCUT2D eigenvalue weighted by Gasteiger charge is 2.16. The van der Waals surface area contributed by atoms with Gasteiger partial charge in [0.2, 0.25) is 5.76 Å². The Morgan fingerprint density at radius 3 is 2.93 bits per heavy atom. The molecule has 2 rings (SSSR count). The lowest BCUT2D eigenvalue weighted by Crippen LogP contribution is -2.20. The first-order valence-corrected chi connectivity index (χ1v) is 5.58. The number of hydrogen-bond acceptors (Lipinski definition) is 3. The Bertz CT molecular complexity index is 347. The van der Waals surface area contributed by atoms with Crippen molar-refractivity contribution in [1.29, 1.82) is 5.26 Å². The molecule has 0 amide bonds. The number of rotatable bonds is 5. The standard InChI is InChI=1S/C12H16N2O/c13-8-11-4-5-12(15-11)9-14-7-6-10-2-1-3-10/h4-5,10,14H,1-3,6-7,9H2. The second kappa shape index (κ2) is 4.99. The summed E-state index contributed by atoms with van der Waals surface area (Å²) in [4.78, 5) is 0. The van der Waals surface area contributed by atoms with Crippen molar-refractivity contribution in [3.63, 3.8) is 0 Å². The summed E-state index contributed by atoms with van der Waals surface area (Å²) >= 11 is 0. The van der Waals surface area contributed by atoms with Gasteiger partial charge in [-0.15, -0.1) is 0 Å². The molecule has 0 radical (unpaired) electrons. The van der Waals surface area contributed by atoms with E-state index < -0.39 is 0 Å². The Hall–Kier alpha value is -1.27. The average Bonchev–Trinajstić information content (AvgIpc) is 2.62. The highest BCUT2D eigenvalue weighted by Crippen LogP contribution is 2.28. The van der Waals surface area contributed by atoms with E-state index in [0.29, 0.717) is 5.76 Å². The van der Waals surface area contributed by atoms with Gasteiger partial charge in [0.05, 0.1) is 6.54 Å². The van der Waals surface area contributed by atoms with Crippen molar-refractivity contribution in [3.8, 4) is 6.07 Å². The van der Waals surface area contributed by atoms with E-state index in [4.69, 9.17) is 9.68 Å². The third-order valence-electron chi connectivity index (χ3n) is 3.03. The molecule has 1 saturated carbocycles. The molecule has 3 heteroatoms. The largest absolute Gasteiger partial charge is 0.449 e. The summed E-state index contributed by atoms with van der Waals surface area (Å²) in [6.45, 7) is 1.78. The van der Waals surface area contributed by atoms with Gasteiger partial charge in [-0.25, -0.2) is 0 Å². The molecule has 80 valence electrons. The van der Waals surface area contributed by atoms with Crippen LogP contribution in [0.2, 0.25) is 0 Å². The summed E-state index contributed by atoms with van der Waals surface area (Å²) in [7, 11) is 0. The maximum absolute atomic E-state index is 8.57. The Labute approximate surface area is 90.1 Å². The van der Waals surface area contributed by atoms with Gasteiger partial charge >= 0.3 is 0 Å². The third kappa shape index (κ3) is 2.84. The fourth-order valence-electron chi connectivity index (χ4n) is 1.83. The van der Waals surface area contributed by atoms with Crippen LogP contribution in [0.1, 0.15) is 37.2 Å². The molecule has 0 atom stereocenters. The first kappa shape index (κ1) is 10.3. The number of furan rings is 1. The molecule has 1 aliphatic carbocycles. The minimum absolute atomic E-state index is 0.394. The average molecular weight is 204 g/mol. The smallest absolute Gasteiger partial charge is 0.203 e. The molecule has 0 aliphatic heterocycles. The molecular formula is C12H16N2O. The summed E-state index contributed by atoms with van der Waals surface area (Å²) < 4.78 is 5.26. The zero-order chi connectivity index (χ0) is 10.5. The molecule has 1 N–H and O–H groups in total. The summed E-state index contributed by atoms with van der Waals surface area (Å²) in [5.41, 5.74) is 0. The Morgan fingerprint density at radius 1 is 1.47 bits per heavy atom. The lowest BCUT2D eigenvalue weighted by Gasteiger charge is -2.25. The van der Waals surface area contributed by atoms with Crippen molar-refractivity contribution in [1.82, 2.24) is 5.32 Å². The maximum atomic E-state index is 8.57. The quantitative estimate of drug-likeness (QED) is 0.749. The van der Waals surface area contributed by atoms with Crippen molar-refractivity contribution < 1.29 is 4.42 Å². The Kier molecular flexibility index (Phi) is 3.41. The molecular weight excluding hydrogens is 188 g/mol. The molecule has 0 bridgehead atoms. The van der Waals surface area contributed by atoms with Crippen LogP contribution in [-0.2, 0) is 6.54 Å². The number of nitrogens with zero attached hydrogens (tertiary/aromatic N) is 1. The molecule has 0 unspecified atom stereocenters. The van der Waals surface area contributed by atoms with Crippen molar-refractivity contribution in [3.05, 3.63) is 23.7 Å². The van der Waals surface area contributed by atoms with Crippen LogP contribution < -0.4 is 5.32 Å². The first-order chi connectivity index (χ1) is 7.38. The topological polar surface area (TPSA) is 49.0 Å². The number of nitriles is 1. The van der Waals surface area contributed by atoms with Gasteiger partial charge in [-0.2, -0.15) is 5.26 Å². The number of nitrogens with one attached hydrogen (secondary N) is 1. The Balaban J connectivity index is 1.62. The molecule has 0 saturated heterocycles. The summed E-state index contributed by atoms with van der Waals surface area (Å²) in [5.74, 6) is 2.19. The van der Waals surface area contributed by atoms with Crippen molar-refractivity contribution >= 4 is 0 Å². The van der Waals surface area contributed by atoms with Gasteiger partial charge < -0.3 is 9.73 Å². The molecule has 0 spiro atoms. The van der Waals surface area contributed by atoms with Gasteiger partial charge in [0, 0.05) is 0 Å². The molecule has 0 aromatic carbocycles. The van der Waals surface area contributed by atoms with Crippen LogP contribution in [0.25, 0.3) is 0 Å². The predicted molar refractivity (Wildman–Crippen MR) is 57.1 cm³/mol. The minimum Gasteiger partial charge on any atom is -0.449 e. The lowest BCUT2D eigenvalue weighted by molar-refractivity contribution is 0.290. The van der Waals surface area contributed by atoms with Crippen molar-refractivity contribution in [2.75, 3.05) is 6.54 Å². The van der Waals surface area contributed by atoms with Crippen molar-refractivity contribution in [2.45, 2.75) is 32.2 Å². The van der Waals surface area contributed by atoms with E-state index in [9.17, 15) is 0 Å². The van der Waals surface area contributed by atoms with Gasteiger partial charge in [0.15, 0.2) is 0 Å². The van der Waals surface area contributed by atoms with Crippen LogP contribution in [0, 0.1) is 17.2 Å². The van der Waals surface area contributed by atoms with Gasteiger partial charge in [0.1, 0.15) is 11.8 Å². The van der Waals surface area contributed by atoms with E-state index in [1.165, 1.54) is 25.7 Å². The maximum Gasteiger partial charge on any atom is 0.203 e. The molecule has 1 heterocycles.